The molecule has 1 heterocycles. The zero-order valence-corrected chi connectivity index (χ0v) is 14.8. The molecule has 0 bridgehead atoms. The number of ether oxygens (including phenoxy) is 1. The van der Waals surface area contributed by atoms with Crippen molar-refractivity contribution < 1.29 is 14.6 Å². The van der Waals surface area contributed by atoms with Crippen molar-refractivity contribution in [3.63, 3.8) is 0 Å². The van der Waals surface area contributed by atoms with Crippen LogP contribution in [0.2, 0.25) is 0 Å². The number of rotatable bonds is 5. The largest absolute Gasteiger partial charge is 0.496 e. The summed E-state index contributed by atoms with van der Waals surface area (Å²) < 4.78 is 6.24. The summed E-state index contributed by atoms with van der Waals surface area (Å²) in [6, 6.07) is 12.4. The number of amides is 2. The van der Waals surface area contributed by atoms with Gasteiger partial charge in [0, 0.05) is 17.8 Å². The van der Waals surface area contributed by atoms with Crippen LogP contribution in [0.5, 0.6) is 5.75 Å². The van der Waals surface area contributed by atoms with E-state index >= 15 is 0 Å². The molecule has 0 spiro atoms. The predicted octanol–water partition coefficient (Wildman–Crippen LogP) is 3.47. The molecule has 2 aromatic carbocycles. The van der Waals surface area contributed by atoms with Gasteiger partial charge in [0.25, 0.3) is 0 Å². The highest BCUT2D eigenvalue weighted by Crippen LogP contribution is 2.25. The molecule has 0 saturated heterocycles. The average molecular weight is 357 g/mol. The first kappa shape index (κ1) is 17.2. The Kier molecular flexibility index (Phi) is 5.16. The molecule has 25 heavy (non-hydrogen) atoms. The minimum absolute atomic E-state index is 0.0775. The van der Waals surface area contributed by atoms with Crippen molar-refractivity contribution >= 4 is 33.3 Å². The normalized spacial score (nSPS) is 12.0. The van der Waals surface area contributed by atoms with Gasteiger partial charge in [-0.15, -0.1) is 11.3 Å². The minimum Gasteiger partial charge on any atom is -0.496 e. The lowest BCUT2D eigenvalue weighted by Crippen LogP contribution is -2.32. The number of hydrogen-bond acceptors (Lipinski definition) is 5. The molecule has 3 rings (SSSR count). The molecule has 3 aromatic rings. The highest BCUT2D eigenvalue weighted by molar-refractivity contribution is 7.18. The Balaban J connectivity index is 1.60. The van der Waals surface area contributed by atoms with Gasteiger partial charge in [-0.2, -0.15) is 0 Å². The fourth-order valence-electron chi connectivity index (χ4n) is 2.53. The van der Waals surface area contributed by atoms with E-state index in [2.05, 4.69) is 15.6 Å². The zero-order valence-electron chi connectivity index (χ0n) is 13.9. The van der Waals surface area contributed by atoms with E-state index in [4.69, 9.17) is 4.74 Å². The molecule has 7 heteroatoms. The molecule has 0 aliphatic rings. The lowest BCUT2D eigenvalue weighted by atomic mass is 10.1. The Hall–Kier alpha value is -2.64. The van der Waals surface area contributed by atoms with E-state index in [0.717, 1.165) is 15.2 Å². The Morgan fingerprint density at radius 3 is 2.92 bits per heavy atom. The van der Waals surface area contributed by atoms with Crippen molar-refractivity contribution in [2.45, 2.75) is 13.0 Å². The van der Waals surface area contributed by atoms with Crippen LogP contribution in [0.25, 0.3) is 10.2 Å². The van der Waals surface area contributed by atoms with Crippen molar-refractivity contribution in [1.82, 2.24) is 10.3 Å². The lowest BCUT2D eigenvalue weighted by molar-refractivity contribution is 0.171. The number of aryl methyl sites for hydroxylation is 1. The second-order valence-corrected chi connectivity index (χ2v) is 6.74. The van der Waals surface area contributed by atoms with E-state index in [-0.39, 0.29) is 12.6 Å². The van der Waals surface area contributed by atoms with Crippen LogP contribution in [0.4, 0.5) is 10.5 Å². The first-order valence-corrected chi connectivity index (χ1v) is 8.61. The van der Waals surface area contributed by atoms with Gasteiger partial charge in [0.2, 0.25) is 0 Å². The zero-order chi connectivity index (χ0) is 17.8. The van der Waals surface area contributed by atoms with Gasteiger partial charge in [0.05, 0.1) is 28.4 Å². The molecule has 3 N–H and O–H groups in total. The highest BCUT2D eigenvalue weighted by Gasteiger charge is 2.14. The van der Waals surface area contributed by atoms with Gasteiger partial charge >= 0.3 is 6.03 Å². The number of methoxy groups -OCH3 is 1. The standard InChI is InChI=1S/C18H19N3O3S/c1-11-20-14-8-7-12(9-17(14)25-11)21-18(23)19-10-15(22)13-5-3-4-6-16(13)24-2/h3-9,15,22H,10H2,1-2H3,(H2,19,21,23)/t15-/m0/s1. The number of nitrogens with zero attached hydrogens (tertiary/aromatic N) is 1. The van der Waals surface area contributed by atoms with Crippen LogP contribution in [0.3, 0.4) is 0 Å². The van der Waals surface area contributed by atoms with Gasteiger partial charge in [-0.05, 0) is 31.2 Å². The van der Waals surface area contributed by atoms with Crippen molar-refractivity contribution in [3.05, 3.63) is 53.0 Å². The number of nitrogens with one attached hydrogen (secondary N) is 2. The number of urea groups is 1. The van der Waals surface area contributed by atoms with Gasteiger partial charge in [0.1, 0.15) is 5.75 Å². The van der Waals surface area contributed by atoms with E-state index < -0.39 is 6.10 Å². The van der Waals surface area contributed by atoms with E-state index in [1.54, 1.807) is 36.6 Å². The number of carbonyl (C=O) groups excluding carboxylic acids is 1. The van der Waals surface area contributed by atoms with Crippen LogP contribution >= 0.6 is 11.3 Å². The van der Waals surface area contributed by atoms with Crippen molar-refractivity contribution in [3.8, 4) is 5.75 Å². The van der Waals surface area contributed by atoms with Crippen molar-refractivity contribution in [2.75, 3.05) is 19.0 Å². The molecule has 2 amide bonds. The monoisotopic (exact) mass is 357 g/mol. The number of thiazole rings is 1. The van der Waals surface area contributed by atoms with Crippen molar-refractivity contribution in [1.29, 1.82) is 0 Å². The fourth-order valence-corrected chi connectivity index (χ4v) is 3.40. The van der Waals surface area contributed by atoms with Gasteiger partial charge in [-0.1, -0.05) is 18.2 Å². The number of fused-ring (bicyclic) bond motifs is 1. The van der Waals surface area contributed by atoms with Crippen molar-refractivity contribution in [2.24, 2.45) is 0 Å². The van der Waals surface area contributed by atoms with Gasteiger partial charge < -0.3 is 20.5 Å². The summed E-state index contributed by atoms with van der Waals surface area (Å²) >= 11 is 1.58. The Morgan fingerprint density at radius 1 is 1.32 bits per heavy atom. The van der Waals surface area contributed by atoms with Crippen LogP contribution in [0.1, 0.15) is 16.7 Å². The fraction of sp³-hybridized carbons (Fsp3) is 0.222. The molecule has 0 fully saturated rings. The number of aliphatic hydroxyl groups is 1. The van der Waals surface area contributed by atoms with Gasteiger partial charge in [0.15, 0.2) is 0 Å². The number of para-hydroxylation sites is 1. The predicted molar refractivity (Wildman–Crippen MR) is 99.3 cm³/mol. The van der Waals surface area contributed by atoms with Crippen LogP contribution in [0, 0.1) is 6.92 Å². The van der Waals surface area contributed by atoms with Crippen LogP contribution in [0.15, 0.2) is 42.5 Å². The Labute approximate surface area is 149 Å². The summed E-state index contributed by atoms with van der Waals surface area (Å²) in [6.07, 6.45) is -0.853. The second-order valence-electron chi connectivity index (χ2n) is 5.51. The number of benzene rings is 2. The van der Waals surface area contributed by atoms with Gasteiger partial charge in [-0.25, -0.2) is 9.78 Å². The van der Waals surface area contributed by atoms with Crippen LogP contribution in [-0.4, -0.2) is 29.8 Å². The summed E-state index contributed by atoms with van der Waals surface area (Å²) in [6.45, 7) is 2.03. The molecule has 0 saturated carbocycles. The molecule has 6 nitrogen and oxygen atoms in total. The van der Waals surface area contributed by atoms with E-state index in [1.165, 1.54) is 0 Å². The van der Waals surface area contributed by atoms with Gasteiger partial charge in [-0.3, -0.25) is 0 Å². The molecule has 0 aliphatic heterocycles. The highest BCUT2D eigenvalue weighted by atomic mass is 32.1. The maximum Gasteiger partial charge on any atom is 0.319 e. The van der Waals surface area contributed by atoms with E-state index in [9.17, 15) is 9.90 Å². The third kappa shape index (κ3) is 4.07. The van der Waals surface area contributed by atoms with Crippen LogP contribution < -0.4 is 15.4 Å². The molecule has 0 unspecified atom stereocenters. The van der Waals surface area contributed by atoms with E-state index in [0.29, 0.717) is 17.0 Å². The first-order valence-electron chi connectivity index (χ1n) is 7.80. The third-order valence-electron chi connectivity index (χ3n) is 3.71. The Morgan fingerprint density at radius 2 is 2.12 bits per heavy atom. The number of aromatic nitrogens is 1. The lowest BCUT2D eigenvalue weighted by Gasteiger charge is -2.15. The smallest absolute Gasteiger partial charge is 0.319 e. The maximum absolute atomic E-state index is 12.1. The summed E-state index contributed by atoms with van der Waals surface area (Å²) in [5.41, 5.74) is 2.23. The number of anilines is 1. The second kappa shape index (κ2) is 7.50. The molecule has 0 radical (unpaired) electrons. The molecule has 0 aliphatic carbocycles. The maximum atomic E-state index is 12.1. The third-order valence-corrected chi connectivity index (χ3v) is 4.64. The number of aliphatic hydroxyl groups excluding tert-OH is 1. The molecule has 130 valence electrons. The average Bonchev–Trinajstić information content (AvgIpc) is 2.99. The number of carbonyl (C=O) groups is 1. The quantitative estimate of drug-likeness (QED) is 0.653. The molecular formula is C18H19N3O3S. The summed E-state index contributed by atoms with van der Waals surface area (Å²) in [4.78, 5) is 16.5. The molecular weight excluding hydrogens is 338 g/mol. The summed E-state index contributed by atoms with van der Waals surface area (Å²) in [7, 11) is 1.54. The Bertz CT molecular complexity index is 894. The number of hydrogen-bond donors (Lipinski definition) is 3. The SMILES string of the molecule is COc1ccccc1[C@@H](O)CNC(=O)Nc1ccc2nc(C)sc2c1. The topological polar surface area (TPSA) is 83.5 Å². The summed E-state index contributed by atoms with van der Waals surface area (Å²) in [5, 5.41) is 16.7. The van der Waals surface area contributed by atoms with Crippen LogP contribution in [-0.2, 0) is 0 Å². The molecule has 1 atom stereocenters. The molecule has 1 aromatic heterocycles. The summed E-state index contributed by atoms with van der Waals surface area (Å²) in [5.74, 6) is 0.586. The van der Waals surface area contributed by atoms with E-state index in [1.807, 2.05) is 31.2 Å². The minimum atomic E-state index is -0.853. The first-order chi connectivity index (χ1) is 12.1.